The lowest BCUT2D eigenvalue weighted by molar-refractivity contribution is 0.0103. The van der Waals surface area contributed by atoms with E-state index >= 15 is 0 Å². The molecule has 2 aromatic heterocycles. The van der Waals surface area contributed by atoms with Crippen molar-refractivity contribution in [1.29, 1.82) is 0 Å². The number of aromatic hydroxyl groups is 2. The predicted octanol–water partition coefficient (Wildman–Crippen LogP) is 14.0. The molecule has 6 nitrogen and oxygen atoms in total. The van der Waals surface area contributed by atoms with E-state index in [9.17, 15) is 10.2 Å². The molecule has 0 amide bonds. The number of phenolic OH excluding ortho intramolecular Hbond substituents is 2. The van der Waals surface area contributed by atoms with E-state index in [-0.39, 0.29) is 23.0 Å². The van der Waals surface area contributed by atoms with E-state index < -0.39 is 7.12 Å². The number of allylic oxidation sites excluding steroid dienone is 4. The van der Waals surface area contributed by atoms with Crippen molar-refractivity contribution in [2.45, 2.75) is 169 Å². The molecule has 0 bridgehead atoms. The van der Waals surface area contributed by atoms with Crippen LogP contribution in [0.2, 0.25) is 0 Å². The molecule has 4 heterocycles. The highest BCUT2D eigenvalue weighted by molar-refractivity contribution is 9.10. The van der Waals surface area contributed by atoms with E-state index in [4.69, 9.17) is 19.5 Å². The molecule has 0 saturated carbocycles. The average molecular weight is 946 g/mol. The number of hydrogen-bond donors (Lipinski definition) is 4. The molecule has 2 aliphatic heterocycles. The Bertz CT molecular complexity index is 2250. The molecule has 8 rings (SSSR count). The number of hydrogen-bond acceptors (Lipinski definition) is 8. The molecule has 2 aromatic carbocycles. The molecule has 4 aromatic rings. The lowest BCUT2D eigenvalue weighted by Crippen LogP contribution is -2.45. The van der Waals surface area contributed by atoms with E-state index in [0.29, 0.717) is 28.1 Å². The zero-order chi connectivity index (χ0) is 45.1. The Kier molecular flexibility index (Phi) is 16.0. The van der Waals surface area contributed by atoms with E-state index in [1.165, 1.54) is 64.2 Å². The summed E-state index contributed by atoms with van der Waals surface area (Å²) in [5, 5.41) is 43.8. The smallest absolute Gasteiger partial charge is 0.499 e. The number of unbranched alkanes of at least 4 members (excludes halogenated alkanes) is 4. The molecule has 0 spiro atoms. The van der Waals surface area contributed by atoms with Crippen molar-refractivity contribution in [2.24, 2.45) is 11.8 Å². The SMILES string of the molecule is CCCCCc1cc2c(c(O)c1-c1cc(C)cs1)[C@@H]1C=C(C)CC[C@H]1C(C)(C)O2.CCCCCc1cc2c(c(O)c1Br)[C@@H]1C=C(C)CC[C@H]1C(C)(C)O2.Cc1csc(B(O)O)c1. The summed E-state index contributed by atoms with van der Waals surface area (Å²) in [6.07, 6.45) is 18.3. The standard InChI is InChI=1S/C26H34O2S.C21H29BrO2.C5H7BO2S/c1-6-7-8-9-18-14-21-24(25(27)23(18)22-13-17(3)15-29-22)19-12-16(2)10-11-20(19)26(4,5)28-21;1-5-6-7-8-14-12-17-18(20(23)19(14)22)15-11-13(2)9-10-16(15)21(3,4)24-17;1-4-2-5(6(7)8)9-3-4/h12-15,19-20,27H,6-11H2,1-5H3;11-12,15-16,23H,5-10H2,1-4H3;2-3,7-8H,1H3/t19-,20-;15-,16-;/m11./s1. The molecule has 2 aliphatic carbocycles. The van der Waals surface area contributed by atoms with E-state index in [2.05, 4.69) is 114 Å². The second-order valence-electron chi connectivity index (χ2n) is 19.4. The fourth-order valence-corrected chi connectivity index (χ4v) is 12.4. The van der Waals surface area contributed by atoms with Crippen LogP contribution in [0.4, 0.5) is 0 Å². The van der Waals surface area contributed by atoms with Gasteiger partial charge in [0.2, 0.25) is 0 Å². The normalized spacial score (nSPS) is 21.4. The van der Waals surface area contributed by atoms with Crippen molar-refractivity contribution in [3.8, 4) is 33.4 Å². The maximum Gasteiger partial charge on any atom is 0.499 e. The Morgan fingerprint density at radius 3 is 1.61 bits per heavy atom. The molecule has 0 fully saturated rings. The van der Waals surface area contributed by atoms with Crippen LogP contribution in [-0.4, -0.2) is 38.6 Å². The third kappa shape index (κ3) is 10.7. The average Bonchev–Trinajstić information content (AvgIpc) is 3.84. The summed E-state index contributed by atoms with van der Waals surface area (Å²) in [4.78, 5) is 1.17. The largest absolute Gasteiger partial charge is 0.507 e. The molecule has 10 heteroatoms. The molecular weight excluding hydrogens is 875 g/mol. The van der Waals surface area contributed by atoms with Crippen molar-refractivity contribution < 1.29 is 29.7 Å². The van der Waals surface area contributed by atoms with Crippen LogP contribution in [0.5, 0.6) is 23.0 Å². The van der Waals surface area contributed by atoms with Crippen LogP contribution in [0.15, 0.2) is 62.8 Å². The van der Waals surface area contributed by atoms with Crippen LogP contribution in [0.25, 0.3) is 10.4 Å². The van der Waals surface area contributed by atoms with Gasteiger partial charge in [0.05, 0.1) is 4.47 Å². The minimum Gasteiger partial charge on any atom is -0.507 e. The molecule has 4 atom stereocenters. The molecule has 0 radical (unpaired) electrons. The molecule has 0 unspecified atom stereocenters. The number of aryl methyl sites for hydroxylation is 4. The predicted molar refractivity (Wildman–Crippen MR) is 265 cm³/mol. The van der Waals surface area contributed by atoms with E-state index in [0.717, 1.165) is 95.2 Å². The van der Waals surface area contributed by atoms with Gasteiger partial charge in [0.1, 0.15) is 34.2 Å². The molecule has 4 aliphatic rings. The van der Waals surface area contributed by atoms with Gasteiger partial charge in [-0.2, -0.15) is 11.3 Å². The molecule has 62 heavy (non-hydrogen) atoms. The lowest BCUT2D eigenvalue weighted by Gasteiger charge is -2.46. The highest BCUT2D eigenvalue weighted by Crippen LogP contribution is 2.57. The van der Waals surface area contributed by atoms with Gasteiger partial charge in [0, 0.05) is 50.0 Å². The maximum atomic E-state index is 11.6. The highest BCUT2D eigenvalue weighted by atomic mass is 79.9. The van der Waals surface area contributed by atoms with Crippen molar-refractivity contribution >= 4 is 50.5 Å². The lowest BCUT2D eigenvalue weighted by atomic mass is 9.67. The summed E-state index contributed by atoms with van der Waals surface area (Å²) in [5.74, 6) is 3.89. The van der Waals surface area contributed by atoms with E-state index in [1.807, 2.05) is 12.3 Å². The number of ether oxygens (including phenoxy) is 2. The van der Waals surface area contributed by atoms with E-state index in [1.54, 1.807) is 17.4 Å². The summed E-state index contributed by atoms with van der Waals surface area (Å²) in [6, 6.07) is 8.37. The van der Waals surface area contributed by atoms with Gasteiger partial charge in [0.25, 0.3) is 0 Å². The Morgan fingerprint density at radius 1 is 0.677 bits per heavy atom. The van der Waals surface area contributed by atoms with Gasteiger partial charge in [0.15, 0.2) is 0 Å². The monoisotopic (exact) mass is 944 g/mol. The maximum absolute atomic E-state index is 11.6. The number of phenols is 2. The first kappa shape index (κ1) is 48.4. The summed E-state index contributed by atoms with van der Waals surface area (Å²) in [7, 11) is -1.30. The van der Waals surface area contributed by atoms with Crippen molar-refractivity contribution in [3.63, 3.8) is 0 Å². The summed E-state index contributed by atoms with van der Waals surface area (Å²) in [5.41, 5.74) is 10.2. The number of rotatable bonds is 10. The molecule has 0 saturated heterocycles. The first-order valence-electron chi connectivity index (χ1n) is 23.0. The highest BCUT2D eigenvalue weighted by Gasteiger charge is 2.47. The van der Waals surface area contributed by atoms with Gasteiger partial charge in [-0.05, 0) is 180 Å². The third-order valence-electron chi connectivity index (χ3n) is 13.5. The zero-order valence-electron chi connectivity index (χ0n) is 38.8. The Hall–Kier alpha value is -3.02. The summed E-state index contributed by atoms with van der Waals surface area (Å²) >= 11 is 6.74. The fourth-order valence-electron chi connectivity index (χ4n) is 10.1. The van der Waals surface area contributed by atoms with Gasteiger partial charge < -0.3 is 29.7 Å². The second kappa shape index (κ2) is 20.4. The third-order valence-corrected chi connectivity index (χ3v) is 16.5. The Labute approximate surface area is 388 Å². The molecule has 336 valence electrons. The number of benzene rings is 2. The fraction of sp³-hybridized carbons (Fsp3) is 0.538. The van der Waals surface area contributed by atoms with Crippen LogP contribution >= 0.6 is 38.6 Å². The van der Waals surface area contributed by atoms with Crippen LogP contribution in [-0.2, 0) is 12.8 Å². The Balaban J connectivity index is 0.000000175. The Morgan fingerprint density at radius 2 is 1.16 bits per heavy atom. The minimum atomic E-state index is -1.30. The van der Waals surface area contributed by atoms with Gasteiger partial charge in [-0.3, -0.25) is 0 Å². The van der Waals surface area contributed by atoms with Crippen LogP contribution < -0.4 is 14.3 Å². The summed E-state index contributed by atoms with van der Waals surface area (Å²) in [6.45, 7) is 21.7. The van der Waals surface area contributed by atoms with Gasteiger partial charge >= 0.3 is 7.12 Å². The van der Waals surface area contributed by atoms with Crippen molar-refractivity contribution in [2.75, 3.05) is 0 Å². The molecule has 4 N–H and O–H groups in total. The van der Waals surface area contributed by atoms with Crippen molar-refractivity contribution in [3.05, 3.63) is 96.2 Å². The zero-order valence-corrected chi connectivity index (χ0v) is 42.0. The first-order chi connectivity index (χ1) is 29.4. The number of thiophene rings is 2. The minimum absolute atomic E-state index is 0.199. The van der Waals surface area contributed by atoms with Gasteiger partial charge in [-0.1, -0.05) is 62.8 Å². The van der Waals surface area contributed by atoms with Crippen LogP contribution in [0.3, 0.4) is 0 Å². The molecular formula is C52H70BBrO6S2. The van der Waals surface area contributed by atoms with Gasteiger partial charge in [-0.25, -0.2) is 0 Å². The van der Waals surface area contributed by atoms with Gasteiger partial charge in [-0.15, -0.1) is 11.3 Å². The summed E-state index contributed by atoms with van der Waals surface area (Å²) < 4.78 is 14.4. The quantitative estimate of drug-likeness (QED) is 0.0718. The van der Waals surface area contributed by atoms with Crippen molar-refractivity contribution in [1.82, 2.24) is 0 Å². The number of fused-ring (bicyclic) bond motifs is 6. The van der Waals surface area contributed by atoms with Crippen LogP contribution in [0.1, 0.15) is 165 Å². The van der Waals surface area contributed by atoms with Crippen LogP contribution in [0, 0.1) is 25.7 Å². The topological polar surface area (TPSA) is 99.4 Å². The number of halogens is 1. The second-order valence-corrected chi connectivity index (χ2v) is 22.0. The first-order valence-corrected chi connectivity index (χ1v) is 25.5.